The molecule has 0 saturated carbocycles. The van der Waals surface area contributed by atoms with E-state index in [2.05, 4.69) is 20.7 Å². The highest BCUT2D eigenvalue weighted by molar-refractivity contribution is 9.10. The van der Waals surface area contributed by atoms with Crippen molar-refractivity contribution >= 4 is 31.9 Å². The number of ether oxygens (including phenoxy) is 1. The minimum Gasteiger partial charge on any atom is -0.497 e. The first-order valence-corrected chi connectivity index (χ1v) is 8.05. The van der Waals surface area contributed by atoms with Crippen LogP contribution in [0.3, 0.4) is 0 Å². The molecule has 1 aromatic carbocycles. The number of halogens is 1. The number of carboxylic acids is 1. The van der Waals surface area contributed by atoms with Gasteiger partial charge >= 0.3 is 5.97 Å². The smallest absolute Gasteiger partial charge is 0.322 e. The summed E-state index contributed by atoms with van der Waals surface area (Å²) in [6.07, 6.45) is 0. The van der Waals surface area contributed by atoms with Crippen LogP contribution in [-0.4, -0.2) is 32.6 Å². The van der Waals surface area contributed by atoms with Gasteiger partial charge in [0.1, 0.15) is 11.8 Å². The lowest BCUT2D eigenvalue weighted by molar-refractivity contribution is -0.140. The fourth-order valence-corrected chi connectivity index (χ4v) is 3.84. The SMILES string of the molecule is COc1ccc(Br)c(S(=O)(=O)N[C@@H](C(=O)O)C(C)C)c1. The number of methoxy groups -OCH3 is 1. The summed E-state index contributed by atoms with van der Waals surface area (Å²) >= 11 is 3.14. The van der Waals surface area contributed by atoms with Crippen molar-refractivity contribution < 1.29 is 23.1 Å². The number of rotatable bonds is 6. The maximum atomic E-state index is 12.3. The average Bonchev–Trinajstić information content (AvgIpc) is 2.35. The van der Waals surface area contributed by atoms with Crippen LogP contribution in [0.2, 0.25) is 0 Å². The molecule has 0 amide bonds. The molecule has 0 saturated heterocycles. The van der Waals surface area contributed by atoms with Crippen LogP contribution < -0.4 is 9.46 Å². The maximum absolute atomic E-state index is 12.3. The van der Waals surface area contributed by atoms with Crippen molar-refractivity contribution in [3.05, 3.63) is 22.7 Å². The van der Waals surface area contributed by atoms with Crippen LogP contribution in [0.15, 0.2) is 27.6 Å². The van der Waals surface area contributed by atoms with Gasteiger partial charge in [-0.15, -0.1) is 0 Å². The molecule has 0 bridgehead atoms. The number of aliphatic carboxylic acids is 1. The van der Waals surface area contributed by atoms with Crippen LogP contribution in [-0.2, 0) is 14.8 Å². The Morgan fingerprint density at radius 1 is 1.40 bits per heavy atom. The van der Waals surface area contributed by atoms with E-state index in [9.17, 15) is 13.2 Å². The summed E-state index contributed by atoms with van der Waals surface area (Å²) < 4.78 is 32.1. The maximum Gasteiger partial charge on any atom is 0.322 e. The standard InChI is InChI=1S/C12H16BrNO5S/c1-7(2)11(12(15)16)14-20(17,18)10-6-8(19-3)4-5-9(10)13/h4-7,11,14H,1-3H3,(H,15,16)/t11-/m1/s1. The van der Waals surface area contributed by atoms with Crippen LogP contribution in [0.5, 0.6) is 5.75 Å². The van der Waals surface area contributed by atoms with E-state index < -0.39 is 22.0 Å². The van der Waals surface area contributed by atoms with Crippen molar-refractivity contribution in [3.63, 3.8) is 0 Å². The zero-order chi connectivity index (χ0) is 15.5. The van der Waals surface area contributed by atoms with Crippen LogP contribution in [0, 0.1) is 5.92 Å². The molecule has 0 fully saturated rings. The Hall–Kier alpha value is -1.12. The van der Waals surface area contributed by atoms with Crippen molar-refractivity contribution in [3.8, 4) is 5.75 Å². The van der Waals surface area contributed by atoms with Crippen molar-refractivity contribution in [2.24, 2.45) is 5.92 Å². The second kappa shape index (κ2) is 6.55. The number of hydrogen-bond donors (Lipinski definition) is 2. The third-order valence-corrected chi connectivity index (χ3v) is 5.08. The molecule has 0 heterocycles. The first kappa shape index (κ1) is 16.9. The summed E-state index contributed by atoms with van der Waals surface area (Å²) in [5.74, 6) is -1.24. The van der Waals surface area contributed by atoms with Gasteiger partial charge < -0.3 is 9.84 Å². The van der Waals surface area contributed by atoms with E-state index in [1.165, 1.54) is 19.2 Å². The fraction of sp³-hybridized carbons (Fsp3) is 0.417. The van der Waals surface area contributed by atoms with Gasteiger partial charge in [0.25, 0.3) is 0 Å². The Balaban J connectivity index is 3.20. The molecule has 0 aliphatic heterocycles. The Kier molecular flexibility index (Phi) is 5.55. The van der Waals surface area contributed by atoms with Crippen LogP contribution in [0.1, 0.15) is 13.8 Å². The summed E-state index contributed by atoms with van der Waals surface area (Å²) in [4.78, 5) is 11.0. The number of nitrogens with one attached hydrogen (secondary N) is 1. The Morgan fingerprint density at radius 2 is 2.00 bits per heavy atom. The Bertz CT molecular complexity index is 600. The average molecular weight is 366 g/mol. The van der Waals surface area contributed by atoms with Gasteiger partial charge in [0.2, 0.25) is 10.0 Å². The number of sulfonamides is 1. The molecule has 0 unspecified atom stereocenters. The molecule has 1 atom stereocenters. The third-order valence-electron chi connectivity index (χ3n) is 2.64. The van der Waals surface area contributed by atoms with E-state index in [0.29, 0.717) is 10.2 Å². The first-order valence-electron chi connectivity index (χ1n) is 5.77. The normalized spacial score (nSPS) is 13.2. The summed E-state index contributed by atoms with van der Waals surface area (Å²) in [7, 11) is -2.55. The summed E-state index contributed by atoms with van der Waals surface area (Å²) in [5.41, 5.74) is 0. The highest BCUT2D eigenvalue weighted by Gasteiger charge is 2.29. The molecular formula is C12H16BrNO5S. The summed E-state index contributed by atoms with van der Waals surface area (Å²) in [6, 6.07) is 3.25. The van der Waals surface area contributed by atoms with Gasteiger partial charge in [-0.3, -0.25) is 4.79 Å². The zero-order valence-corrected chi connectivity index (χ0v) is 13.7. The second-order valence-corrected chi connectivity index (χ2v) is 7.01. The molecule has 2 N–H and O–H groups in total. The lowest BCUT2D eigenvalue weighted by atomic mass is 10.1. The summed E-state index contributed by atoms with van der Waals surface area (Å²) in [6.45, 7) is 3.25. The third kappa shape index (κ3) is 3.94. The molecule has 8 heteroatoms. The van der Waals surface area contributed by atoms with Crippen molar-refractivity contribution in [2.45, 2.75) is 24.8 Å². The van der Waals surface area contributed by atoms with Gasteiger partial charge in [0.15, 0.2) is 0 Å². The fourth-order valence-electron chi connectivity index (χ4n) is 1.52. The largest absolute Gasteiger partial charge is 0.497 e. The number of carbonyl (C=O) groups is 1. The number of carboxylic acid groups (broad SMARTS) is 1. The molecule has 0 aliphatic rings. The van der Waals surface area contributed by atoms with Crippen molar-refractivity contribution in [2.75, 3.05) is 7.11 Å². The molecule has 0 aromatic heterocycles. The molecule has 1 aromatic rings. The van der Waals surface area contributed by atoms with Crippen LogP contribution in [0.4, 0.5) is 0 Å². The topological polar surface area (TPSA) is 92.7 Å². The lowest BCUT2D eigenvalue weighted by Crippen LogP contribution is -2.44. The van der Waals surface area contributed by atoms with E-state index in [0.717, 1.165) is 0 Å². The van der Waals surface area contributed by atoms with E-state index in [4.69, 9.17) is 9.84 Å². The predicted molar refractivity (Wildman–Crippen MR) is 77.3 cm³/mol. The van der Waals surface area contributed by atoms with E-state index in [1.54, 1.807) is 19.9 Å². The first-order chi connectivity index (χ1) is 9.19. The van der Waals surface area contributed by atoms with Gasteiger partial charge in [0, 0.05) is 10.5 Å². The minimum atomic E-state index is -3.97. The highest BCUT2D eigenvalue weighted by Crippen LogP contribution is 2.27. The van der Waals surface area contributed by atoms with Crippen molar-refractivity contribution in [1.82, 2.24) is 4.72 Å². The van der Waals surface area contributed by atoms with Gasteiger partial charge in [-0.1, -0.05) is 13.8 Å². The lowest BCUT2D eigenvalue weighted by Gasteiger charge is -2.18. The molecule has 20 heavy (non-hydrogen) atoms. The van der Waals surface area contributed by atoms with E-state index in [1.807, 2.05) is 0 Å². The Labute approximate surface area is 126 Å². The minimum absolute atomic E-state index is 0.0660. The van der Waals surface area contributed by atoms with E-state index >= 15 is 0 Å². The molecular weight excluding hydrogens is 350 g/mol. The van der Waals surface area contributed by atoms with Crippen molar-refractivity contribution in [1.29, 1.82) is 0 Å². The van der Waals surface area contributed by atoms with Crippen LogP contribution >= 0.6 is 15.9 Å². The highest BCUT2D eigenvalue weighted by atomic mass is 79.9. The van der Waals surface area contributed by atoms with Gasteiger partial charge in [0.05, 0.1) is 12.0 Å². The molecule has 0 aliphatic carbocycles. The Morgan fingerprint density at radius 3 is 2.45 bits per heavy atom. The zero-order valence-electron chi connectivity index (χ0n) is 11.3. The molecule has 0 radical (unpaired) electrons. The quantitative estimate of drug-likeness (QED) is 0.802. The summed E-state index contributed by atoms with van der Waals surface area (Å²) in [5, 5.41) is 9.06. The molecule has 0 spiro atoms. The molecule has 6 nitrogen and oxygen atoms in total. The monoisotopic (exact) mass is 365 g/mol. The number of hydrogen-bond acceptors (Lipinski definition) is 4. The van der Waals surface area contributed by atoms with Gasteiger partial charge in [-0.2, -0.15) is 4.72 Å². The molecule has 1 rings (SSSR count). The van der Waals surface area contributed by atoms with Gasteiger partial charge in [-0.25, -0.2) is 8.42 Å². The predicted octanol–water partition coefficient (Wildman–Crippen LogP) is 1.85. The van der Waals surface area contributed by atoms with E-state index in [-0.39, 0.29) is 10.8 Å². The second-order valence-electron chi connectivity index (χ2n) is 4.48. The van der Waals surface area contributed by atoms with Gasteiger partial charge in [-0.05, 0) is 34.0 Å². The van der Waals surface area contributed by atoms with Crippen LogP contribution in [0.25, 0.3) is 0 Å². The number of benzene rings is 1. The molecule has 112 valence electrons.